The zero-order valence-electron chi connectivity index (χ0n) is 13.8. The quantitative estimate of drug-likeness (QED) is 0.569. The van der Waals surface area contributed by atoms with Crippen molar-refractivity contribution in [2.45, 2.75) is 32.8 Å². The number of carbonyl (C=O) groups is 2. The first-order valence-electron chi connectivity index (χ1n) is 7.06. The summed E-state index contributed by atoms with van der Waals surface area (Å²) in [6, 6.07) is 0. The van der Waals surface area contributed by atoms with Crippen molar-refractivity contribution in [3.05, 3.63) is 0 Å². The third kappa shape index (κ3) is 7.07. The molecule has 0 aromatic heterocycles. The monoisotopic (exact) mass is 248 g/mol. The molecule has 2 unspecified atom stereocenters. The normalized spacial score (nSPS) is 20.6. The highest BCUT2D eigenvalue weighted by atomic mass is 16.4. The summed E-state index contributed by atoms with van der Waals surface area (Å²) in [6.07, 6.45) is -3.45. The molecule has 0 aromatic rings. The number of carboxylic acid groups (broad SMARTS) is 1. The van der Waals surface area contributed by atoms with E-state index in [0.717, 1.165) is 0 Å². The lowest BCUT2D eigenvalue weighted by Crippen LogP contribution is -2.50. The van der Waals surface area contributed by atoms with Gasteiger partial charge in [-0.3, -0.25) is 4.79 Å². The lowest BCUT2D eigenvalue weighted by Gasteiger charge is -2.32. The van der Waals surface area contributed by atoms with Gasteiger partial charge in [-0.05, 0) is 6.42 Å². The molecule has 0 bridgehead atoms. The molecule has 1 N–H and O–H groups in total. The van der Waals surface area contributed by atoms with Crippen LogP contribution in [-0.2, 0) is 9.59 Å². The average Bonchev–Trinajstić information content (AvgIpc) is 2.24. The molecule has 0 aliphatic heterocycles. The van der Waals surface area contributed by atoms with Crippen molar-refractivity contribution < 1.29 is 28.4 Å². The number of nitrogens with zero attached hydrogens (tertiary/aromatic N) is 1. The number of aliphatic carboxylic acids is 1. The Morgan fingerprint density at radius 3 is 2.47 bits per heavy atom. The Kier molecular flexibility index (Phi) is 4.41. The number of Topliss-reactive ketones (excluding diaryl/α,β-unsaturated/α-hetero) is 1. The Labute approximate surface area is 107 Å². The molecule has 0 radical (unpaired) electrons. The first-order valence-corrected chi connectivity index (χ1v) is 5.56. The van der Waals surface area contributed by atoms with Gasteiger partial charge in [-0.2, -0.15) is 0 Å². The Bertz CT molecular complexity index is 383. The molecule has 0 amide bonds. The van der Waals surface area contributed by atoms with Gasteiger partial charge in [-0.25, -0.2) is 0 Å². The Balaban J connectivity index is 5.24. The van der Waals surface area contributed by atoms with Crippen molar-refractivity contribution in [1.29, 1.82) is 0 Å². The summed E-state index contributed by atoms with van der Waals surface area (Å²) in [6.45, 7) is 0.659. The van der Waals surface area contributed by atoms with Crippen molar-refractivity contribution in [2.24, 2.45) is 5.92 Å². The van der Waals surface area contributed by atoms with Crippen LogP contribution in [0.2, 0.25) is 0 Å². The lowest BCUT2D eigenvalue weighted by molar-refractivity contribution is -0.885. The number of quaternary nitrogens is 1. The average molecular weight is 248 g/mol. The summed E-state index contributed by atoms with van der Waals surface area (Å²) in [7, 11) is 2.68. The van der Waals surface area contributed by atoms with E-state index in [4.69, 9.17) is 4.11 Å². The van der Waals surface area contributed by atoms with E-state index in [2.05, 4.69) is 0 Å². The second kappa shape index (κ2) is 6.71. The van der Waals surface area contributed by atoms with Gasteiger partial charge in [0.2, 0.25) is 0 Å². The van der Waals surface area contributed by atoms with Gasteiger partial charge in [-0.1, -0.05) is 13.8 Å². The Hall–Kier alpha value is -0.940. The van der Waals surface area contributed by atoms with Gasteiger partial charge < -0.3 is 19.5 Å². The van der Waals surface area contributed by atoms with Gasteiger partial charge in [0.15, 0.2) is 5.78 Å². The molecule has 0 spiro atoms. The largest absolute Gasteiger partial charge is 0.550 e. The van der Waals surface area contributed by atoms with E-state index in [1.54, 1.807) is 6.92 Å². The number of hydrogen-bond acceptors (Lipinski definition) is 4. The molecule has 5 heteroatoms. The molecular formula is C12H23NO4. The van der Waals surface area contributed by atoms with Crippen LogP contribution in [0, 0.1) is 5.92 Å². The van der Waals surface area contributed by atoms with Crippen molar-refractivity contribution in [3.8, 4) is 0 Å². The van der Waals surface area contributed by atoms with Gasteiger partial charge in [0.25, 0.3) is 0 Å². The highest BCUT2D eigenvalue weighted by Gasteiger charge is 2.26. The molecule has 100 valence electrons. The highest BCUT2D eigenvalue weighted by Crippen LogP contribution is 2.08. The predicted molar refractivity (Wildman–Crippen MR) is 61.9 cm³/mol. The van der Waals surface area contributed by atoms with E-state index in [0.29, 0.717) is 6.42 Å². The van der Waals surface area contributed by atoms with E-state index in [1.165, 1.54) is 14.1 Å². The highest BCUT2D eigenvalue weighted by molar-refractivity contribution is 5.81. The molecule has 0 saturated carbocycles. The first-order chi connectivity index (χ1) is 8.78. The number of carbonyl (C=O) groups excluding carboxylic acids is 2. The minimum atomic E-state index is -2.88. The van der Waals surface area contributed by atoms with Gasteiger partial charge in [0.05, 0.1) is 18.2 Å². The molecule has 2 atom stereocenters. The lowest BCUT2D eigenvalue weighted by atomic mass is 10.0. The summed E-state index contributed by atoms with van der Waals surface area (Å²) in [5.74, 6) is -2.19. The topological polar surface area (TPSA) is 77.4 Å². The van der Waals surface area contributed by atoms with E-state index < -0.39 is 29.5 Å². The van der Waals surface area contributed by atoms with Crippen LogP contribution in [0.4, 0.5) is 0 Å². The fourth-order valence-corrected chi connectivity index (χ4v) is 1.34. The molecule has 0 heterocycles. The van der Waals surface area contributed by atoms with E-state index >= 15 is 0 Å². The molecule has 0 aliphatic carbocycles. The third-order valence-corrected chi connectivity index (χ3v) is 2.46. The Morgan fingerprint density at radius 1 is 1.53 bits per heavy atom. The first kappa shape index (κ1) is 11.2. The van der Waals surface area contributed by atoms with Crippen LogP contribution >= 0.6 is 0 Å². The van der Waals surface area contributed by atoms with Gasteiger partial charge in [0, 0.05) is 18.3 Å². The van der Waals surface area contributed by atoms with Crippen LogP contribution in [0.3, 0.4) is 0 Å². The molecule has 5 nitrogen and oxygen atoms in total. The molecule has 17 heavy (non-hydrogen) atoms. The smallest absolute Gasteiger partial charge is 0.189 e. The summed E-state index contributed by atoms with van der Waals surface area (Å²) in [5, 5.41) is 20.3. The van der Waals surface area contributed by atoms with Crippen molar-refractivity contribution in [2.75, 3.05) is 27.1 Å². The molecule has 0 fully saturated rings. The van der Waals surface area contributed by atoms with Gasteiger partial charge >= 0.3 is 0 Å². The number of ketones is 1. The number of rotatable bonds is 8. The van der Waals surface area contributed by atoms with E-state index in [9.17, 15) is 19.8 Å². The number of aliphatic hydroxyl groups is 1. The van der Waals surface area contributed by atoms with Crippen LogP contribution in [0.1, 0.15) is 30.8 Å². The maximum Gasteiger partial charge on any atom is 0.189 e. The number of carboxylic acids is 1. The standard InChI is InChI=1S/C12H23NO4/c1-5-9(2)11(15)8-13(3,4)7-10(14)6-12(16)17/h9-10,14H,5-8H2,1-4H3/i7D2,10D. The fraction of sp³-hybridized carbons (Fsp3) is 0.833. The van der Waals surface area contributed by atoms with Crippen LogP contribution in [0.5, 0.6) is 0 Å². The maximum absolute atomic E-state index is 11.9. The van der Waals surface area contributed by atoms with Crippen molar-refractivity contribution >= 4 is 11.8 Å². The van der Waals surface area contributed by atoms with Crippen LogP contribution in [-0.4, -0.2) is 54.6 Å². The van der Waals surface area contributed by atoms with Crippen LogP contribution in [0.15, 0.2) is 0 Å². The summed E-state index contributed by atoms with van der Waals surface area (Å²) < 4.78 is 22.7. The predicted octanol–water partition coefficient (Wildman–Crippen LogP) is -0.821. The summed E-state index contributed by atoms with van der Waals surface area (Å²) >= 11 is 0. The molecule has 0 rings (SSSR count). The second-order valence-corrected chi connectivity index (χ2v) is 4.73. The molecule has 0 aromatic carbocycles. The minimum absolute atomic E-state index is 0.203. The molecule has 0 aliphatic rings. The zero-order valence-corrected chi connectivity index (χ0v) is 10.8. The fourth-order valence-electron chi connectivity index (χ4n) is 1.34. The van der Waals surface area contributed by atoms with Gasteiger partial charge in [0.1, 0.15) is 19.1 Å². The van der Waals surface area contributed by atoms with E-state index in [-0.39, 0.29) is 18.2 Å². The summed E-state index contributed by atoms with van der Waals surface area (Å²) in [4.78, 5) is 22.5. The molecule has 0 saturated heterocycles. The third-order valence-electron chi connectivity index (χ3n) is 2.46. The Morgan fingerprint density at radius 2 is 2.06 bits per heavy atom. The SMILES string of the molecule is [2H]C(O)(CC(=O)[O-])C([2H])([2H])[N+](C)(C)CC(=O)C(C)CC. The summed E-state index contributed by atoms with van der Waals surface area (Å²) in [5.41, 5.74) is 0. The zero-order chi connectivity index (χ0) is 16.4. The van der Waals surface area contributed by atoms with Crippen LogP contribution in [0.25, 0.3) is 0 Å². The van der Waals surface area contributed by atoms with E-state index in [1.807, 2.05) is 6.92 Å². The number of hydrogen-bond donors (Lipinski definition) is 1. The maximum atomic E-state index is 11.9. The van der Waals surface area contributed by atoms with Gasteiger partial charge in [-0.15, -0.1) is 0 Å². The van der Waals surface area contributed by atoms with Crippen molar-refractivity contribution in [3.63, 3.8) is 0 Å². The van der Waals surface area contributed by atoms with Crippen molar-refractivity contribution in [1.82, 2.24) is 0 Å². The van der Waals surface area contributed by atoms with Crippen LogP contribution < -0.4 is 5.11 Å². The number of likely N-dealkylation sites (N-methyl/N-ethyl adjacent to an activating group) is 1. The second-order valence-electron chi connectivity index (χ2n) is 4.73. The molecular weight excluding hydrogens is 222 g/mol. The minimum Gasteiger partial charge on any atom is -0.550 e.